The molecule has 4 aromatic rings. The van der Waals surface area contributed by atoms with Crippen molar-refractivity contribution in [1.82, 2.24) is 14.4 Å². The molecule has 1 aromatic heterocycles. The summed E-state index contributed by atoms with van der Waals surface area (Å²) in [5.74, 6) is 0.870. The number of hydrogen-bond donors (Lipinski definition) is 1. The molecule has 3 aromatic carbocycles. The number of amides is 1. The van der Waals surface area contributed by atoms with Crippen molar-refractivity contribution in [3.05, 3.63) is 83.6 Å². The third-order valence-corrected chi connectivity index (χ3v) is 9.29. The van der Waals surface area contributed by atoms with E-state index in [0.29, 0.717) is 32.0 Å². The van der Waals surface area contributed by atoms with Gasteiger partial charge in [0.1, 0.15) is 18.1 Å². The van der Waals surface area contributed by atoms with Crippen molar-refractivity contribution in [2.24, 2.45) is 13.0 Å². The summed E-state index contributed by atoms with van der Waals surface area (Å²) in [6.45, 7) is 7.87. The predicted molar refractivity (Wildman–Crippen MR) is 175 cm³/mol. The summed E-state index contributed by atoms with van der Waals surface area (Å²) in [6, 6.07) is 22.5. The Kier molecular flexibility index (Phi) is 8.67. The van der Waals surface area contributed by atoms with Crippen molar-refractivity contribution in [3.63, 3.8) is 0 Å². The molecular weight excluding hydrogens is 552 g/mol. The highest BCUT2D eigenvalue weighted by Gasteiger charge is 2.33. The molecule has 0 saturated heterocycles. The molecular formula is C36H44N4O4. The minimum Gasteiger partial charge on any atom is -0.490 e. The average molecular weight is 597 g/mol. The summed E-state index contributed by atoms with van der Waals surface area (Å²) in [4.78, 5) is 20.9. The summed E-state index contributed by atoms with van der Waals surface area (Å²) in [5, 5.41) is 11.3. The first kappa shape index (κ1) is 30.2. The number of aryl methyl sites for hydroxylation is 1. The number of para-hydroxylation sites is 1. The van der Waals surface area contributed by atoms with Crippen LogP contribution in [-0.2, 0) is 24.9 Å². The van der Waals surface area contributed by atoms with E-state index in [0.717, 1.165) is 52.1 Å². The molecule has 3 atom stereocenters. The zero-order valence-electron chi connectivity index (χ0n) is 26.5. The molecule has 0 bridgehead atoms. The van der Waals surface area contributed by atoms with Gasteiger partial charge in [-0.15, -0.1) is 0 Å². The summed E-state index contributed by atoms with van der Waals surface area (Å²) < 4.78 is 14.7. The maximum absolute atomic E-state index is 14.6. The number of benzene rings is 3. The number of carbonyl (C=O) groups is 1. The predicted octanol–water partition coefficient (Wildman–Crippen LogP) is 5.16. The van der Waals surface area contributed by atoms with E-state index in [1.165, 1.54) is 5.56 Å². The third-order valence-electron chi connectivity index (χ3n) is 9.29. The highest BCUT2D eigenvalue weighted by atomic mass is 16.5. The number of aromatic nitrogens is 1. The summed E-state index contributed by atoms with van der Waals surface area (Å²) in [5.41, 5.74) is 6.93. The highest BCUT2D eigenvalue weighted by molar-refractivity contribution is 6.10. The quantitative estimate of drug-likeness (QED) is 0.332. The Morgan fingerprint density at radius 2 is 1.84 bits per heavy atom. The van der Waals surface area contributed by atoms with Crippen molar-refractivity contribution in [2.45, 2.75) is 39.1 Å². The van der Waals surface area contributed by atoms with Gasteiger partial charge in [0, 0.05) is 56.1 Å². The van der Waals surface area contributed by atoms with Crippen molar-refractivity contribution >= 4 is 22.5 Å². The Bertz CT molecular complexity index is 1650. The normalized spacial score (nSPS) is 19.7. The number of fused-ring (bicyclic) bond motifs is 6. The first-order chi connectivity index (χ1) is 21.3. The molecule has 232 valence electrons. The molecule has 1 N–H and O–H groups in total. The average Bonchev–Trinajstić information content (AvgIpc) is 3.32. The molecule has 44 heavy (non-hydrogen) atoms. The summed E-state index contributed by atoms with van der Waals surface area (Å²) in [6.07, 6.45) is -0.146. The van der Waals surface area contributed by atoms with Crippen LogP contribution in [-0.4, -0.2) is 84.5 Å². The standard InChI is InChI=1S/C36H44N4O4/c1-24-19-40(25(2)22-41)36(42)35-34(29-12-8-9-13-30(29)39(35)5)28-11-7-6-10-27(28)23-44-33(24)21-37(3)20-26-14-15-31-32(18-26)43-17-16-38(31)4/h6-15,18,24-25,33,41H,16-17,19-23H2,1-5H3/t24-,25-,33-/m1/s1. The van der Waals surface area contributed by atoms with Crippen LogP contribution in [0.5, 0.6) is 5.75 Å². The van der Waals surface area contributed by atoms with Crippen molar-refractivity contribution in [3.8, 4) is 16.9 Å². The van der Waals surface area contributed by atoms with Gasteiger partial charge in [0.2, 0.25) is 0 Å². The molecule has 0 unspecified atom stereocenters. The van der Waals surface area contributed by atoms with E-state index in [4.69, 9.17) is 9.47 Å². The van der Waals surface area contributed by atoms with E-state index in [1.54, 1.807) is 0 Å². The van der Waals surface area contributed by atoms with Crippen LogP contribution in [0.1, 0.15) is 35.5 Å². The lowest BCUT2D eigenvalue weighted by molar-refractivity contribution is -0.0242. The Morgan fingerprint density at radius 3 is 2.66 bits per heavy atom. The number of carbonyl (C=O) groups excluding carboxylic acids is 1. The third kappa shape index (κ3) is 5.70. The highest BCUT2D eigenvalue weighted by Crippen LogP contribution is 2.38. The second-order valence-corrected chi connectivity index (χ2v) is 12.5. The number of rotatable bonds is 6. The second-order valence-electron chi connectivity index (χ2n) is 12.5. The Morgan fingerprint density at radius 1 is 1.07 bits per heavy atom. The lowest BCUT2D eigenvalue weighted by Gasteiger charge is -2.35. The number of likely N-dealkylation sites (N-methyl/N-ethyl adjacent to an activating group) is 2. The van der Waals surface area contributed by atoms with Gasteiger partial charge < -0.3 is 28.9 Å². The van der Waals surface area contributed by atoms with E-state index in [-0.39, 0.29) is 30.6 Å². The van der Waals surface area contributed by atoms with Gasteiger partial charge in [-0.3, -0.25) is 9.69 Å². The first-order valence-electron chi connectivity index (χ1n) is 15.6. The van der Waals surface area contributed by atoms with Crippen LogP contribution in [0, 0.1) is 5.92 Å². The number of aliphatic hydroxyl groups is 1. The Hall–Kier alpha value is -3.85. The van der Waals surface area contributed by atoms with Crippen LogP contribution in [0.15, 0.2) is 66.7 Å². The minimum absolute atomic E-state index is 0.0133. The van der Waals surface area contributed by atoms with Gasteiger partial charge in [0.15, 0.2) is 0 Å². The summed E-state index contributed by atoms with van der Waals surface area (Å²) >= 11 is 0. The number of aliphatic hydroxyl groups excluding tert-OH is 1. The number of anilines is 1. The maximum Gasteiger partial charge on any atom is 0.271 e. The Balaban J connectivity index is 1.34. The fraction of sp³-hybridized carbons (Fsp3) is 0.417. The molecule has 2 aliphatic rings. The maximum atomic E-state index is 14.6. The lowest BCUT2D eigenvalue weighted by atomic mass is 9.96. The zero-order chi connectivity index (χ0) is 31.0. The van der Waals surface area contributed by atoms with E-state index < -0.39 is 0 Å². The number of ether oxygens (including phenoxy) is 2. The molecule has 8 heteroatoms. The van der Waals surface area contributed by atoms with E-state index in [9.17, 15) is 9.90 Å². The van der Waals surface area contributed by atoms with Gasteiger partial charge in [-0.25, -0.2) is 0 Å². The molecule has 2 aliphatic heterocycles. The molecule has 0 radical (unpaired) electrons. The molecule has 6 rings (SSSR count). The second kappa shape index (κ2) is 12.6. The number of nitrogens with zero attached hydrogens (tertiary/aromatic N) is 4. The van der Waals surface area contributed by atoms with Gasteiger partial charge in [-0.2, -0.15) is 0 Å². The fourth-order valence-corrected chi connectivity index (χ4v) is 6.71. The van der Waals surface area contributed by atoms with E-state index >= 15 is 0 Å². The molecule has 0 spiro atoms. The van der Waals surface area contributed by atoms with Gasteiger partial charge in [-0.1, -0.05) is 55.5 Å². The Labute approximate surface area is 260 Å². The number of hydrogen-bond acceptors (Lipinski definition) is 6. The van der Waals surface area contributed by atoms with Crippen LogP contribution >= 0.6 is 0 Å². The van der Waals surface area contributed by atoms with E-state index in [1.807, 2.05) is 47.7 Å². The van der Waals surface area contributed by atoms with Crippen molar-refractivity contribution in [1.29, 1.82) is 0 Å². The van der Waals surface area contributed by atoms with Crippen LogP contribution in [0.2, 0.25) is 0 Å². The van der Waals surface area contributed by atoms with Crippen LogP contribution in [0.3, 0.4) is 0 Å². The zero-order valence-corrected chi connectivity index (χ0v) is 26.5. The van der Waals surface area contributed by atoms with Gasteiger partial charge in [-0.05, 0) is 48.9 Å². The molecule has 3 heterocycles. The monoisotopic (exact) mass is 596 g/mol. The molecule has 8 nitrogen and oxygen atoms in total. The van der Waals surface area contributed by atoms with Gasteiger partial charge in [0.25, 0.3) is 5.91 Å². The largest absolute Gasteiger partial charge is 0.490 e. The van der Waals surface area contributed by atoms with Crippen LogP contribution < -0.4 is 9.64 Å². The van der Waals surface area contributed by atoms with Crippen LogP contribution in [0.4, 0.5) is 5.69 Å². The fourth-order valence-electron chi connectivity index (χ4n) is 6.71. The molecule has 0 fully saturated rings. The lowest BCUT2D eigenvalue weighted by Crippen LogP contribution is -2.47. The molecule has 1 amide bonds. The SMILES string of the molecule is C[C@@H]1CN([C@H](C)CO)C(=O)c2c(c3ccccc3n2C)-c2ccccc2CO[C@@H]1CN(C)Cc1ccc2c(c1)OCCN2C. The van der Waals surface area contributed by atoms with Gasteiger partial charge in [0.05, 0.1) is 37.6 Å². The first-order valence-corrected chi connectivity index (χ1v) is 15.6. The van der Waals surface area contributed by atoms with Crippen molar-refractivity contribution in [2.75, 3.05) is 51.8 Å². The minimum atomic E-state index is -0.348. The van der Waals surface area contributed by atoms with E-state index in [2.05, 4.69) is 73.3 Å². The van der Waals surface area contributed by atoms with Crippen molar-refractivity contribution < 1.29 is 19.4 Å². The van der Waals surface area contributed by atoms with Gasteiger partial charge >= 0.3 is 0 Å². The topological polar surface area (TPSA) is 70.4 Å². The molecule has 0 aliphatic carbocycles. The smallest absolute Gasteiger partial charge is 0.271 e. The summed E-state index contributed by atoms with van der Waals surface area (Å²) in [7, 11) is 6.17. The van der Waals surface area contributed by atoms with Crippen LogP contribution in [0.25, 0.3) is 22.0 Å². The molecule has 0 saturated carbocycles.